The van der Waals surface area contributed by atoms with E-state index in [2.05, 4.69) is 4.98 Å². The molecule has 1 N–H and O–H groups in total. The highest BCUT2D eigenvalue weighted by molar-refractivity contribution is 5.33. The Morgan fingerprint density at radius 3 is 2.44 bits per heavy atom. The van der Waals surface area contributed by atoms with E-state index < -0.39 is 17.7 Å². The molecule has 1 aromatic carbocycles. The molecular formula is C14H13F2NO. The Balaban J connectivity index is 2.47. The number of pyridine rings is 1. The number of rotatable bonds is 2. The lowest BCUT2D eigenvalue weighted by atomic mass is 9.99. The summed E-state index contributed by atoms with van der Waals surface area (Å²) in [5.74, 6) is -1.22. The second kappa shape index (κ2) is 4.82. The number of nitrogens with zero attached hydrogens (tertiary/aromatic N) is 1. The molecule has 0 aliphatic heterocycles. The van der Waals surface area contributed by atoms with E-state index >= 15 is 0 Å². The number of aliphatic hydroxyl groups is 1. The average molecular weight is 249 g/mol. The zero-order valence-corrected chi connectivity index (χ0v) is 10.1. The Bertz CT molecular complexity index is 584. The summed E-state index contributed by atoms with van der Waals surface area (Å²) in [4.78, 5) is 4.20. The Hall–Kier alpha value is -1.81. The van der Waals surface area contributed by atoms with Crippen LogP contribution in [-0.2, 0) is 0 Å². The molecule has 1 unspecified atom stereocenters. The predicted octanol–water partition coefficient (Wildman–Crippen LogP) is 3.06. The van der Waals surface area contributed by atoms with Gasteiger partial charge in [-0.3, -0.25) is 4.98 Å². The van der Waals surface area contributed by atoms with Crippen molar-refractivity contribution in [2.75, 3.05) is 0 Å². The van der Waals surface area contributed by atoms with Gasteiger partial charge in [0.2, 0.25) is 0 Å². The van der Waals surface area contributed by atoms with Crippen molar-refractivity contribution in [3.8, 4) is 0 Å². The van der Waals surface area contributed by atoms with Gasteiger partial charge in [0, 0.05) is 22.5 Å². The minimum Gasteiger partial charge on any atom is -0.383 e. The van der Waals surface area contributed by atoms with E-state index in [1.54, 1.807) is 19.1 Å². The van der Waals surface area contributed by atoms with Crippen LogP contribution < -0.4 is 0 Å². The number of halogens is 2. The quantitative estimate of drug-likeness (QED) is 0.887. The van der Waals surface area contributed by atoms with Gasteiger partial charge >= 0.3 is 0 Å². The first-order valence-corrected chi connectivity index (χ1v) is 5.56. The molecule has 2 rings (SSSR count). The second-order valence-electron chi connectivity index (χ2n) is 4.20. The molecule has 1 aromatic heterocycles. The van der Waals surface area contributed by atoms with Gasteiger partial charge < -0.3 is 5.11 Å². The molecule has 0 amide bonds. The Morgan fingerprint density at radius 1 is 1.06 bits per heavy atom. The summed E-state index contributed by atoms with van der Waals surface area (Å²) >= 11 is 0. The fourth-order valence-corrected chi connectivity index (χ4v) is 1.88. The number of aromatic nitrogens is 1. The third-order valence-corrected chi connectivity index (χ3v) is 2.81. The maximum Gasteiger partial charge on any atom is 0.129 e. The lowest BCUT2D eigenvalue weighted by Crippen LogP contribution is -2.06. The largest absolute Gasteiger partial charge is 0.383 e. The number of benzene rings is 1. The molecule has 0 fully saturated rings. The van der Waals surface area contributed by atoms with Gasteiger partial charge in [-0.05, 0) is 38.1 Å². The number of hydrogen-bond donors (Lipinski definition) is 1. The average Bonchev–Trinajstić information content (AvgIpc) is 2.31. The smallest absolute Gasteiger partial charge is 0.129 e. The van der Waals surface area contributed by atoms with E-state index in [-0.39, 0.29) is 5.56 Å². The summed E-state index contributed by atoms with van der Waals surface area (Å²) in [6.45, 7) is 3.55. The summed E-state index contributed by atoms with van der Waals surface area (Å²) in [5, 5.41) is 10.1. The van der Waals surface area contributed by atoms with Crippen molar-refractivity contribution in [3.63, 3.8) is 0 Å². The van der Waals surface area contributed by atoms with Gasteiger partial charge in [0.15, 0.2) is 0 Å². The van der Waals surface area contributed by atoms with Crippen LogP contribution in [-0.4, -0.2) is 10.1 Å². The predicted molar refractivity (Wildman–Crippen MR) is 64.1 cm³/mol. The van der Waals surface area contributed by atoms with Gasteiger partial charge in [-0.15, -0.1) is 0 Å². The summed E-state index contributed by atoms with van der Waals surface area (Å²) in [6.07, 6.45) is -1.21. The molecule has 18 heavy (non-hydrogen) atoms. The number of hydrogen-bond acceptors (Lipinski definition) is 2. The standard InChI is InChI=1S/C14H13F2NO/c1-8-3-5-11(9(2)17-8)14(18)12-7-10(15)4-6-13(12)16/h3-7,14,18H,1-2H3. The van der Waals surface area contributed by atoms with Crippen molar-refractivity contribution in [2.24, 2.45) is 0 Å². The van der Waals surface area contributed by atoms with Crippen molar-refractivity contribution in [1.29, 1.82) is 0 Å². The van der Waals surface area contributed by atoms with Crippen LogP contribution in [0.3, 0.4) is 0 Å². The van der Waals surface area contributed by atoms with E-state index in [0.29, 0.717) is 11.3 Å². The van der Waals surface area contributed by atoms with E-state index in [1.165, 1.54) is 0 Å². The third kappa shape index (κ3) is 2.38. The molecule has 0 saturated carbocycles. The van der Waals surface area contributed by atoms with Crippen LogP contribution >= 0.6 is 0 Å². The zero-order chi connectivity index (χ0) is 13.3. The number of aliphatic hydroxyl groups excluding tert-OH is 1. The van der Waals surface area contributed by atoms with Crippen molar-refractivity contribution < 1.29 is 13.9 Å². The normalized spacial score (nSPS) is 12.5. The maximum absolute atomic E-state index is 13.6. The molecule has 1 atom stereocenters. The molecule has 0 aliphatic carbocycles. The zero-order valence-electron chi connectivity index (χ0n) is 10.1. The maximum atomic E-state index is 13.6. The molecule has 0 radical (unpaired) electrons. The van der Waals surface area contributed by atoms with Gasteiger partial charge in [0.05, 0.1) is 0 Å². The van der Waals surface area contributed by atoms with E-state index in [0.717, 1.165) is 23.9 Å². The lowest BCUT2D eigenvalue weighted by Gasteiger charge is -2.14. The molecule has 2 nitrogen and oxygen atoms in total. The summed E-state index contributed by atoms with van der Waals surface area (Å²) in [6, 6.07) is 6.42. The number of aryl methyl sites for hydroxylation is 2. The van der Waals surface area contributed by atoms with Crippen molar-refractivity contribution in [1.82, 2.24) is 4.98 Å². The van der Waals surface area contributed by atoms with Gasteiger partial charge in [0.1, 0.15) is 17.7 Å². The minimum absolute atomic E-state index is 0.0799. The molecule has 0 saturated heterocycles. The molecular weight excluding hydrogens is 236 g/mol. The van der Waals surface area contributed by atoms with Crippen LogP contribution in [0, 0.1) is 25.5 Å². The highest BCUT2D eigenvalue weighted by atomic mass is 19.1. The van der Waals surface area contributed by atoms with Crippen LogP contribution in [0.5, 0.6) is 0 Å². The Kier molecular flexibility index (Phi) is 3.39. The minimum atomic E-state index is -1.21. The van der Waals surface area contributed by atoms with Crippen LogP contribution in [0.4, 0.5) is 8.78 Å². The highest BCUT2D eigenvalue weighted by Crippen LogP contribution is 2.26. The molecule has 4 heteroatoms. The first-order chi connectivity index (χ1) is 8.49. The van der Waals surface area contributed by atoms with Crippen LogP contribution in [0.25, 0.3) is 0 Å². The SMILES string of the molecule is Cc1ccc(C(O)c2cc(F)ccc2F)c(C)n1. The third-order valence-electron chi connectivity index (χ3n) is 2.81. The molecule has 1 heterocycles. The van der Waals surface area contributed by atoms with Crippen molar-refractivity contribution in [2.45, 2.75) is 20.0 Å². The first-order valence-electron chi connectivity index (χ1n) is 5.56. The van der Waals surface area contributed by atoms with Gasteiger partial charge in [-0.25, -0.2) is 8.78 Å². The lowest BCUT2D eigenvalue weighted by molar-refractivity contribution is 0.213. The van der Waals surface area contributed by atoms with E-state index in [4.69, 9.17) is 0 Å². The van der Waals surface area contributed by atoms with Gasteiger partial charge in [0.25, 0.3) is 0 Å². The molecule has 0 bridgehead atoms. The Morgan fingerprint density at radius 2 is 1.78 bits per heavy atom. The summed E-state index contributed by atoms with van der Waals surface area (Å²) < 4.78 is 26.7. The highest BCUT2D eigenvalue weighted by Gasteiger charge is 2.18. The summed E-state index contributed by atoms with van der Waals surface area (Å²) in [5.41, 5.74) is 1.81. The molecule has 0 spiro atoms. The van der Waals surface area contributed by atoms with Gasteiger partial charge in [-0.2, -0.15) is 0 Å². The van der Waals surface area contributed by atoms with E-state index in [1.807, 2.05) is 6.92 Å². The topological polar surface area (TPSA) is 33.1 Å². The van der Waals surface area contributed by atoms with Crippen molar-refractivity contribution in [3.05, 3.63) is 64.5 Å². The molecule has 0 aliphatic rings. The second-order valence-corrected chi connectivity index (χ2v) is 4.20. The van der Waals surface area contributed by atoms with Crippen LogP contribution in [0.15, 0.2) is 30.3 Å². The van der Waals surface area contributed by atoms with Gasteiger partial charge in [-0.1, -0.05) is 6.07 Å². The van der Waals surface area contributed by atoms with Crippen molar-refractivity contribution >= 4 is 0 Å². The fraction of sp³-hybridized carbons (Fsp3) is 0.214. The van der Waals surface area contributed by atoms with Crippen LogP contribution in [0.1, 0.15) is 28.6 Å². The Labute approximate surface area is 104 Å². The molecule has 2 aromatic rings. The molecule has 94 valence electrons. The van der Waals surface area contributed by atoms with Crippen LogP contribution in [0.2, 0.25) is 0 Å². The monoisotopic (exact) mass is 249 g/mol. The summed E-state index contributed by atoms with van der Waals surface area (Å²) in [7, 11) is 0. The first kappa shape index (κ1) is 12.6. The fourth-order valence-electron chi connectivity index (χ4n) is 1.88. The van der Waals surface area contributed by atoms with E-state index in [9.17, 15) is 13.9 Å².